The highest BCUT2D eigenvalue weighted by Crippen LogP contribution is 2.29. The van der Waals surface area contributed by atoms with Gasteiger partial charge in [-0.2, -0.15) is 0 Å². The smallest absolute Gasteiger partial charge is 0.339 e. The first kappa shape index (κ1) is 18.5. The highest BCUT2D eigenvalue weighted by Gasteiger charge is 2.25. The Morgan fingerprint density at radius 2 is 1.93 bits per heavy atom. The van der Waals surface area contributed by atoms with Crippen LogP contribution in [-0.2, 0) is 22.4 Å². The van der Waals surface area contributed by atoms with Gasteiger partial charge in [-0.1, -0.05) is 0 Å². The summed E-state index contributed by atoms with van der Waals surface area (Å²) in [5, 5.41) is 3.69. The van der Waals surface area contributed by atoms with Crippen LogP contribution in [0.4, 0.5) is 0 Å². The molecule has 2 amide bonds. The van der Waals surface area contributed by atoms with E-state index in [1.165, 1.54) is 0 Å². The summed E-state index contributed by atoms with van der Waals surface area (Å²) in [5.41, 5.74) is 2.09. The largest absolute Gasteiger partial charge is 0.481 e. The van der Waals surface area contributed by atoms with E-state index < -0.39 is 6.10 Å². The summed E-state index contributed by atoms with van der Waals surface area (Å²) >= 11 is 0. The number of carbonyl (C=O) groups is 2. The molecule has 2 aliphatic rings. The van der Waals surface area contributed by atoms with Crippen molar-refractivity contribution < 1.29 is 18.7 Å². The van der Waals surface area contributed by atoms with E-state index in [0.717, 1.165) is 42.2 Å². The third kappa shape index (κ3) is 3.61. The zero-order valence-electron chi connectivity index (χ0n) is 16.0. The predicted molar refractivity (Wildman–Crippen MR) is 103 cm³/mol. The number of aryl methyl sites for hydroxylation is 1. The standard InChI is InChI=1S/C21H24N2O5/c1-13(20(25)23-10-8-19(24)22-9-11-23)27-14-6-7-16-15-4-2-3-5-17(15)21(26)28-18(16)12-14/h6-7,12-13H,2-5,8-11H2,1H3,(H,22,24). The van der Waals surface area contributed by atoms with Gasteiger partial charge in [0, 0.05) is 43.1 Å². The molecule has 0 saturated carbocycles. The van der Waals surface area contributed by atoms with Crippen LogP contribution in [0.2, 0.25) is 0 Å². The number of amides is 2. The molecule has 1 fully saturated rings. The van der Waals surface area contributed by atoms with Gasteiger partial charge in [-0.15, -0.1) is 0 Å². The summed E-state index contributed by atoms with van der Waals surface area (Å²) in [6.45, 7) is 2.99. The van der Waals surface area contributed by atoms with Crippen LogP contribution in [0.25, 0.3) is 11.0 Å². The summed E-state index contributed by atoms with van der Waals surface area (Å²) in [6, 6.07) is 5.40. The number of benzene rings is 1. The third-order valence-electron chi connectivity index (χ3n) is 5.48. The van der Waals surface area contributed by atoms with E-state index in [9.17, 15) is 14.4 Å². The van der Waals surface area contributed by atoms with Crippen LogP contribution in [0.15, 0.2) is 27.4 Å². The van der Waals surface area contributed by atoms with Crippen LogP contribution in [0.3, 0.4) is 0 Å². The van der Waals surface area contributed by atoms with Crippen molar-refractivity contribution in [3.05, 3.63) is 39.7 Å². The molecular weight excluding hydrogens is 360 g/mol. The molecule has 1 unspecified atom stereocenters. The maximum Gasteiger partial charge on any atom is 0.339 e. The van der Waals surface area contributed by atoms with E-state index in [2.05, 4.69) is 5.32 Å². The average molecular weight is 384 g/mol. The molecule has 0 radical (unpaired) electrons. The molecule has 2 heterocycles. The van der Waals surface area contributed by atoms with Crippen molar-refractivity contribution in [2.24, 2.45) is 0 Å². The first-order chi connectivity index (χ1) is 13.5. The van der Waals surface area contributed by atoms with Gasteiger partial charge in [-0.05, 0) is 50.3 Å². The lowest BCUT2D eigenvalue weighted by molar-refractivity contribution is -0.137. The molecule has 7 heteroatoms. The van der Waals surface area contributed by atoms with E-state index in [4.69, 9.17) is 9.15 Å². The van der Waals surface area contributed by atoms with Crippen LogP contribution in [-0.4, -0.2) is 42.5 Å². The second-order valence-electron chi connectivity index (χ2n) is 7.40. The first-order valence-electron chi connectivity index (χ1n) is 9.83. The highest BCUT2D eigenvalue weighted by molar-refractivity contribution is 5.84. The number of hydrogen-bond donors (Lipinski definition) is 1. The number of nitrogens with one attached hydrogen (secondary N) is 1. The number of carbonyl (C=O) groups excluding carboxylic acids is 2. The maximum absolute atomic E-state index is 12.7. The van der Waals surface area contributed by atoms with E-state index in [1.807, 2.05) is 12.1 Å². The summed E-state index contributed by atoms with van der Waals surface area (Å²) in [7, 11) is 0. The van der Waals surface area contributed by atoms with Gasteiger partial charge in [0.05, 0.1) is 0 Å². The summed E-state index contributed by atoms with van der Waals surface area (Å²) < 4.78 is 11.3. The number of fused-ring (bicyclic) bond motifs is 3. The fraction of sp³-hybridized carbons (Fsp3) is 0.476. The second-order valence-corrected chi connectivity index (χ2v) is 7.40. The topological polar surface area (TPSA) is 88.8 Å². The molecule has 4 rings (SSSR count). The molecule has 28 heavy (non-hydrogen) atoms. The van der Waals surface area contributed by atoms with E-state index in [0.29, 0.717) is 37.4 Å². The van der Waals surface area contributed by atoms with Crippen molar-refractivity contribution in [2.75, 3.05) is 19.6 Å². The van der Waals surface area contributed by atoms with Crippen molar-refractivity contribution in [1.29, 1.82) is 0 Å². The van der Waals surface area contributed by atoms with Crippen molar-refractivity contribution >= 4 is 22.8 Å². The molecule has 1 aliphatic carbocycles. The van der Waals surface area contributed by atoms with Crippen LogP contribution < -0.4 is 15.7 Å². The zero-order chi connectivity index (χ0) is 19.7. The summed E-state index contributed by atoms with van der Waals surface area (Å²) in [5.74, 6) is 0.275. The minimum atomic E-state index is -0.699. The molecule has 1 saturated heterocycles. The number of ether oxygens (including phenoxy) is 1. The van der Waals surface area contributed by atoms with Crippen LogP contribution in [0.1, 0.15) is 37.3 Å². The van der Waals surface area contributed by atoms with Gasteiger partial charge in [-0.3, -0.25) is 9.59 Å². The highest BCUT2D eigenvalue weighted by atomic mass is 16.5. The molecule has 1 atom stereocenters. The molecule has 1 aromatic heterocycles. The minimum Gasteiger partial charge on any atom is -0.481 e. The maximum atomic E-state index is 12.7. The molecule has 0 bridgehead atoms. The van der Waals surface area contributed by atoms with E-state index in [1.54, 1.807) is 17.9 Å². The Hall–Kier alpha value is -2.83. The van der Waals surface area contributed by atoms with E-state index in [-0.39, 0.29) is 17.4 Å². The molecule has 0 spiro atoms. The third-order valence-corrected chi connectivity index (χ3v) is 5.48. The summed E-state index contributed by atoms with van der Waals surface area (Å²) in [6.07, 6.45) is 3.34. The Balaban J connectivity index is 1.53. The van der Waals surface area contributed by atoms with Gasteiger partial charge >= 0.3 is 5.63 Å². The Morgan fingerprint density at radius 1 is 1.14 bits per heavy atom. The molecular formula is C21H24N2O5. The molecule has 1 N–H and O–H groups in total. The average Bonchev–Trinajstić information content (AvgIpc) is 2.92. The van der Waals surface area contributed by atoms with E-state index >= 15 is 0 Å². The van der Waals surface area contributed by atoms with Crippen molar-refractivity contribution in [3.63, 3.8) is 0 Å². The Kier molecular flexibility index (Phi) is 5.07. The fourth-order valence-corrected chi connectivity index (χ4v) is 4.00. The number of rotatable bonds is 3. The van der Waals surface area contributed by atoms with Crippen LogP contribution in [0, 0.1) is 0 Å². The van der Waals surface area contributed by atoms with Gasteiger partial charge in [-0.25, -0.2) is 4.79 Å². The van der Waals surface area contributed by atoms with Gasteiger partial charge < -0.3 is 19.4 Å². The molecule has 148 valence electrons. The van der Waals surface area contributed by atoms with Crippen LogP contribution >= 0.6 is 0 Å². The molecule has 2 aromatic rings. The Morgan fingerprint density at radius 3 is 2.75 bits per heavy atom. The van der Waals surface area contributed by atoms with Gasteiger partial charge in [0.15, 0.2) is 6.10 Å². The Labute approximate surface area is 162 Å². The normalized spacial score (nSPS) is 18.2. The SMILES string of the molecule is CC(Oc1ccc2c3c(c(=O)oc2c1)CCCC3)C(=O)N1CCNC(=O)CC1. The quantitative estimate of drug-likeness (QED) is 0.815. The Bertz CT molecular complexity index is 981. The molecule has 1 aromatic carbocycles. The number of nitrogens with zero attached hydrogens (tertiary/aromatic N) is 1. The lowest BCUT2D eigenvalue weighted by Gasteiger charge is -2.24. The fourth-order valence-electron chi connectivity index (χ4n) is 4.00. The second kappa shape index (κ2) is 7.66. The van der Waals surface area contributed by atoms with Crippen molar-refractivity contribution in [1.82, 2.24) is 10.2 Å². The molecule has 1 aliphatic heterocycles. The summed E-state index contributed by atoms with van der Waals surface area (Å²) in [4.78, 5) is 38.0. The molecule has 7 nitrogen and oxygen atoms in total. The van der Waals surface area contributed by atoms with Crippen molar-refractivity contribution in [3.8, 4) is 5.75 Å². The predicted octanol–water partition coefficient (Wildman–Crippen LogP) is 1.79. The zero-order valence-corrected chi connectivity index (χ0v) is 16.0. The monoisotopic (exact) mass is 384 g/mol. The minimum absolute atomic E-state index is 0.0447. The van der Waals surface area contributed by atoms with Gasteiger partial charge in [0.2, 0.25) is 5.91 Å². The van der Waals surface area contributed by atoms with Gasteiger partial charge in [0.1, 0.15) is 11.3 Å². The number of hydrogen-bond acceptors (Lipinski definition) is 5. The first-order valence-corrected chi connectivity index (χ1v) is 9.83. The van der Waals surface area contributed by atoms with Gasteiger partial charge in [0.25, 0.3) is 5.91 Å². The lowest BCUT2D eigenvalue weighted by atomic mass is 9.91. The van der Waals surface area contributed by atoms with Crippen LogP contribution in [0.5, 0.6) is 5.75 Å². The lowest BCUT2D eigenvalue weighted by Crippen LogP contribution is -2.42. The van der Waals surface area contributed by atoms with Crippen molar-refractivity contribution in [2.45, 2.75) is 45.1 Å².